The zero-order valence-corrected chi connectivity index (χ0v) is 16.5. The highest BCUT2D eigenvalue weighted by Crippen LogP contribution is 2.30. The van der Waals surface area contributed by atoms with Gasteiger partial charge in [-0.25, -0.2) is 14.6 Å². The first-order chi connectivity index (χ1) is 15.2. The lowest BCUT2D eigenvalue weighted by Gasteiger charge is -2.13. The number of carbonyl (C=O) groups is 1. The topological polar surface area (TPSA) is 94.7 Å². The van der Waals surface area contributed by atoms with Crippen molar-refractivity contribution in [2.45, 2.75) is 13.1 Å². The summed E-state index contributed by atoms with van der Waals surface area (Å²) in [6.07, 6.45) is 1.71. The van der Waals surface area contributed by atoms with Gasteiger partial charge in [-0.3, -0.25) is 14.2 Å². The van der Waals surface area contributed by atoms with E-state index in [4.69, 9.17) is 0 Å². The molecule has 32 heavy (non-hydrogen) atoms. The molecule has 0 saturated heterocycles. The smallest absolute Gasteiger partial charge is 0.319 e. The fraction of sp³-hybridized carbons (Fsp3) is 0.0952. The molecule has 1 N–H and O–H groups in total. The number of pyridine rings is 1. The molecule has 0 saturated carbocycles. The summed E-state index contributed by atoms with van der Waals surface area (Å²) in [5, 5.41) is 6.53. The Morgan fingerprint density at radius 3 is 2.59 bits per heavy atom. The van der Waals surface area contributed by atoms with E-state index in [1.54, 1.807) is 35.4 Å². The minimum absolute atomic E-state index is 0.0673. The molecule has 1 aromatic carbocycles. The van der Waals surface area contributed by atoms with Crippen molar-refractivity contribution >= 4 is 11.6 Å². The quantitative estimate of drug-likeness (QED) is 0.525. The van der Waals surface area contributed by atoms with Gasteiger partial charge in [0.1, 0.15) is 12.1 Å². The van der Waals surface area contributed by atoms with Crippen molar-refractivity contribution in [3.63, 3.8) is 0 Å². The van der Waals surface area contributed by atoms with Crippen LogP contribution < -0.4 is 10.7 Å². The van der Waals surface area contributed by atoms with Gasteiger partial charge in [0.05, 0.1) is 23.1 Å². The number of carbonyl (C=O) groups excluding carboxylic acids is 1. The lowest BCUT2D eigenvalue weighted by molar-refractivity contribution is -0.137. The molecule has 3 heterocycles. The van der Waals surface area contributed by atoms with Crippen molar-refractivity contribution in [1.29, 1.82) is 0 Å². The Balaban J connectivity index is 1.63. The molecule has 8 nitrogen and oxygen atoms in total. The minimum atomic E-state index is -4.54. The van der Waals surface area contributed by atoms with Gasteiger partial charge in [0.2, 0.25) is 5.43 Å². The van der Waals surface area contributed by atoms with Gasteiger partial charge in [0, 0.05) is 24.2 Å². The number of anilines is 1. The summed E-state index contributed by atoms with van der Waals surface area (Å²) in [5.74, 6) is -0.242. The molecule has 0 spiro atoms. The molecule has 0 atom stereocenters. The van der Waals surface area contributed by atoms with Gasteiger partial charge in [0.15, 0.2) is 5.69 Å². The van der Waals surface area contributed by atoms with E-state index in [-0.39, 0.29) is 11.4 Å². The Kier molecular flexibility index (Phi) is 5.31. The van der Waals surface area contributed by atoms with Gasteiger partial charge in [-0.1, -0.05) is 6.07 Å². The molecule has 1 amide bonds. The molecule has 0 aliphatic carbocycles. The van der Waals surface area contributed by atoms with Crippen LogP contribution in [0.15, 0.2) is 72.2 Å². The van der Waals surface area contributed by atoms with Crippen molar-refractivity contribution in [2.24, 2.45) is 0 Å². The highest BCUT2D eigenvalue weighted by atomic mass is 19.4. The second kappa shape index (κ2) is 8.10. The average Bonchev–Trinajstić information content (AvgIpc) is 3.29. The molecule has 4 aromatic rings. The number of benzene rings is 1. The van der Waals surface area contributed by atoms with Gasteiger partial charge < -0.3 is 5.32 Å². The van der Waals surface area contributed by atoms with Gasteiger partial charge in [-0.05, 0) is 37.3 Å². The fourth-order valence-corrected chi connectivity index (χ4v) is 2.98. The van der Waals surface area contributed by atoms with Gasteiger partial charge in [0.25, 0.3) is 5.91 Å². The van der Waals surface area contributed by atoms with Crippen molar-refractivity contribution in [3.8, 4) is 11.5 Å². The maximum Gasteiger partial charge on any atom is 0.416 e. The van der Waals surface area contributed by atoms with Crippen molar-refractivity contribution in [3.05, 3.63) is 94.6 Å². The predicted octanol–water partition coefficient (Wildman–Crippen LogP) is 3.39. The van der Waals surface area contributed by atoms with Gasteiger partial charge >= 0.3 is 6.18 Å². The Morgan fingerprint density at radius 2 is 1.94 bits per heavy atom. The van der Waals surface area contributed by atoms with Crippen LogP contribution in [-0.4, -0.2) is 30.2 Å². The largest absolute Gasteiger partial charge is 0.416 e. The summed E-state index contributed by atoms with van der Waals surface area (Å²) in [5.41, 5.74) is -1.34. The highest BCUT2D eigenvalue weighted by Gasteiger charge is 2.30. The molecule has 0 radical (unpaired) electrons. The molecule has 3 aromatic heterocycles. The molecule has 0 unspecified atom stereocenters. The molecule has 0 aliphatic rings. The van der Waals surface area contributed by atoms with Crippen LogP contribution in [0.2, 0.25) is 0 Å². The number of aromatic nitrogens is 5. The number of rotatable bonds is 4. The molecular weight excluding hydrogens is 425 g/mol. The standard InChI is InChI=1S/C21H15F3N6O2/c1-13-9-17(31)19(28-30(13)16-4-2-3-14(10-16)21(22,23)24)20(32)27-15-5-6-18(26-11-15)29-8-7-25-12-29/h2-12H,1H3,(H,27,32). The number of imidazole rings is 1. The van der Waals surface area contributed by atoms with E-state index in [9.17, 15) is 22.8 Å². The summed E-state index contributed by atoms with van der Waals surface area (Å²) < 4.78 is 42.0. The van der Waals surface area contributed by atoms with Gasteiger partial charge in [-0.15, -0.1) is 0 Å². The molecule has 0 bridgehead atoms. The fourth-order valence-electron chi connectivity index (χ4n) is 2.98. The van der Waals surface area contributed by atoms with E-state index in [1.165, 1.54) is 25.3 Å². The van der Waals surface area contributed by atoms with Crippen molar-refractivity contribution in [2.75, 3.05) is 5.32 Å². The first-order valence-corrected chi connectivity index (χ1v) is 9.27. The number of alkyl halides is 3. The third kappa shape index (κ3) is 4.26. The number of hydrogen-bond donors (Lipinski definition) is 1. The second-order valence-corrected chi connectivity index (χ2v) is 6.79. The SMILES string of the molecule is Cc1cc(=O)c(C(=O)Nc2ccc(-n3ccnc3)nc2)nn1-c1cccc(C(F)(F)F)c1. The first-order valence-electron chi connectivity index (χ1n) is 9.27. The zero-order valence-electron chi connectivity index (χ0n) is 16.5. The number of halogens is 3. The van der Waals surface area contributed by atoms with Crippen LogP contribution in [0.25, 0.3) is 11.5 Å². The van der Waals surface area contributed by atoms with E-state index in [1.807, 2.05) is 0 Å². The van der Waals surface area contributed by atoms with Crippen LogP contribution in [0.1, 0.15) is 21.7 Å². The highest BCUT2D eigenvalue weighted by molar-refractivity contribution is 6.02. The summed E-state index contributed by atoms with van der Waals surface area (Å²) in [4.78, 5) is 33.1. The Morgan fingerprint density at radius 1 is 1.12 bits per heavy atom. The number of nitrogens with one attached hydrogen (secondary N) is 1. The monoisotopic (exact) mass is 440 g/mol. The zero-order chi connectivity index (χ0) is 22.9. The Labute approximate surface area is 179 Å². The average molecular weight is 440 g/mol. The molecule has 4 rings (SSSR count). The van der Waals surface area contributed by atoms with E-state index in [2.05, 4.69) is 20.4 Å². The van der Waals surface area contributed by atoms with Crippen molar-refractivity contribution in [1.82, 2.24) is 24.3 Å². The molecule has 11 heteroatoms. The van der Waals surface area contributed by atoms with Crippen LogP contribution in [0, 0.1) is 6.92 Å². The lowest BCUT2D eigenvalue weighted by atomic mass is 10.2. The minimum Gasteiger partial charge on any atom is -0.319 e. The molecule has 0 aliphatic heterocycles. The first kappa shape index (κ1) is 21.0. The van der Waals surface area contributed by atoms with Crippen LogP contribution in [0.3, 0.4) is 0 Å². The normalized spacial score (nSPS) is 11.4. The summed E-state index contributed by atoms with van der Waals surface area (Å²) in [6.45, 7) is 1.51. The van der Waals surface area contributed by atoms with Crippen LogP contribution in [0.4, 0.5) is 18.9 Å². The third-order valence-corrected chi connectivity index (χ3v) is 4.52. The van der Waals surface area contributed by atoms with E-state index in [0.717, 1.165) is 22.9 Å². The number of hydrogen-bond acceptors (Lipinski definition) is 5. The maximum absolute atomic E-state index is 13.1. The van der Waals surface area contributed by atoms with Crippen LogP contribution >= 0.6 is 0 Å². The van der Waals surface area contributed by atoms with E-state index < -0.39 is 28.8 Å². The molecule has 0 fully saturated rings. The van der Waals surface area contributed by atoms with E-state index >= 15 is 0 Å². The molecule has 162 valence electrons. The maximum atomic E-state index is 13.1. The predicted molar refractivity (Wildman–Crippen MR) is 109 cm³/mol. The van der Waals surface area contributed by atoms with E-state index in [0.29, 0.717) is 11.5 Å². The number of nitrogens with zero attached hydrogens (tertiary/aromatic N) is 5. The summed E-state index contributed by atoms with van der Waals surface area (Å²) >= 11 is 0. The third-order valence-electron chi connectivity index (χ3n) is 4.52. The van der Waals surface area contributed by atoms with Crippen LogP contribution in [0.5, 0.6) is 0 Å². The number of aryl methyl sites for hydroxylation is 1. The van der Waals surface area contributed by atoms with Crippen LogP contribution in [-0.2, 0) is 6.18 Å². The lowest BCUT2D eigenvalue weighted by Crippen LogP contribution is -2.27. The van der Waals surface area contributed by atoms with Crippen molar-refractivity contribution < 1.29 is 18.0 Å². The number of amides is 1. The molecular formula is C21H15F3N6O2. The Bertz CT molecular complexity index is 1330. The summed E-state index contributed by atoms with van der Waals surface area (Å²) in [7, 11) is 0. The summed E-state index contributed by atoms with van der Waals surface area (Å²) in [6, 6.07) is 8.81. The van der Waals surface area contributed by atoms with Gasteiger partial charge in [-0.2, -0.15) is 18.3 Å². The second-order valence-electron chi connectivity index (χ2n) is 6.79. The Hall–Kier alpha value is -4.28.